The molecular weight excluding hydrogens is 354 g/mol. The van der Waals surface area contributed by atoms with Crippen molar-refractivity contribution >= 4 is 35.3 Å². The van der Waals surface area contributed by atoms with E-state index >= 15 is 0 Å². The molecular formula is C19H20ClN3O3. The maximum atomic E-state index is 12.0. The molecule has 0 bridgehead atoms. The standard InChI is InChI=1S/C19H20ClN3O3/c1-12(2)14-6-4-13(5-7-14)11-21-23-19(25)18(24)22-16-10-15(20)8-9-17(16)26-3/h4-12H,1-3H3,(H,22,24)(H,23,25)/b21-11-. The van der Waals surface area contributed by atoms with E-state index in [1.807, 2.05) is 24.3 Å². The van der Waals surface area contributed by atoms with Crippen molar-refractivity contribution in [3.05, 3.63) is 58.6 Å². The summed E-state index contributed by atoms with van der Waals surface area (Å²) in [4.78, 5) is 23.8. The molecule has 0 saturated carbocycles. The highest BCUT2D eigenvalue weighted by atomic mass is 35.5. The molecule has 2 rings (SSSR count). The van der Waals surface area contributed by atoms with Crippen molar-refractivity contribution in [2.45, 2.75) is 19.8 Å². The maximum Gasteiger partial charge on any atom is 0.329 e. The van der Waals surface area contributed by atoms with Crippen molar-refractivity contribution in [3.63, 3.8) is 0 Å². The van der Waals surface area contributed by atoms with Gasteiger partial charge in [-0.25, -0.2) is 5.43 Å². The predicted molar refractivity (Wildman–Crippen MR) is 103 cm³/mol. The van der Waals surface area contributed by atoms with Crippen molar-refractivity contribution < 1.29 is 14.3 Å². The molecule has 2 aromatic carbocycles. The van der Waals surface area contributed by atoms with Crippen LogP contribution in [0, 0.1) is 0 Å². The number of benzene rings is 2. The second-order valence-corrected chi connectivity index (χ2v) is 6.26. The van der Waals surface area contributed by atoms with Crippen LogP contribution < -0.4 is 15.5 Å². The Morgan fingerprint density at radius 2 is 1.81 bits per heavy atom. The summed E-state index contributed by atoms with van der Waals surface area (Å²) >= 11 is 5.89. The summed E-state index contributed by atoms with van der Waals surface area (Å²) in [5, 5.41) is 6.64. The molecule has 26 heavy (non-hydrogen) atoms. The minimum absolute atomic E-state index is 0.299. The number of methoxy groups -OCH3 is 1. The maximum absolute atomic E-state index is 12.0. The fourth-order valence-electron chi connectivity index (χ4n) is 2.14. The second kappa shape index (κ2) is 9.01. The lowest BCUT2D eigenvalue weighted by molar-refractivity contribution is -0.136. The highest BCUT2D eigenvalue weighted by Gasteiger charge is 2.15. The molecule has 6 nitrogen and oxygen atoms in total. The molecule has 0 atom stereocenters. The fourth-order valence-corrected chi connectivity index (χ4v) is 2.31. The van der Waals surface area contributed by atoms with Gasteiger partial charge in [0.25, 0.3) is 0 Å². The summed E-state index contributed by atoms with van der Waals surface area (Å²) in [5.41, 5.74) is 4.51. The lowest BCUT2D eigenvalue weighted by atomic mass is 10.0. The first kappa shape index (κ1) is 19.5. The Morgan fingerprint density at radius 1 is 1.12 bits per heavy atom. The number of hydrogen-bond acceptors (Lipinski definition) is 4. The van der Waals surface area contributed by atoms with Crippen LogP contribution in [0.3, 0.4) is 0 Å². The SMILES string of the molecule is COc1ccc(Cl)cc1NC(=O)C(=O)N/N=C\c1ccc(C(C)C)cc1. The average molecular weight is 374 g/mol. The first-order valence-electron chi connectivity index (χ1n) is 7.98. The van der Waals surface area contributed by atoms with Gasteiger partial charge in [0.2, 0.25) is 0 Å². The minimum atomic E-state index is -0.901. The van der Waals surface area contributed by atoms with Gasteiger partial charge in [0, 0.05) is 5.02 Å². The molecule has 2 amide bonds. The highest BCUT2D eigenvalue weighted by molar-refractivity contribution is 6.40. The number of ether oxygens (including phenoxy) is 1. The molecule has 0 aliphatic heterocycles. The molecule has 0 aliphatic rings. The van der Waals surface area contributed by atoms with Crippen molar-refractivity contribution in [1.29, 1.82) is 0 Å². The monoisotopic (exact) mass is 373 g/mol. The normalized spacial score (nSPS) is 10.8. The van der Waals surface area contributed by atoms with Crippen molar-refractivity contribution in [3.8, 4) is 5.75 Å². The Balaban J connectivity index is 1.95. The van der Waals surface area contributed by atoms with Gasteiger partial charge in [-0.2, -0.15) is 5.10 Å². The number of nitrogens with one attached hydrogen (secondary N) is 2. The van der Waals surface area contributed by atoms with Crippen LogP contribution in [0.2, 0.25) is 5.02 Å². The summed E-state index contributed by atoms with van der Waals surface area (Å²) in [6.45, 7) is 4.22. The van der Waals surface area contributed by atoms with Crippen molar-refractivity contribution in [2.24, 2.45) is 5.10 Å². The van der Waals surface area contributed by atoms with Gasteiger partial charge >= 0.3 is 11.8 Å². The van der Waals surface area contributed by atoms with Gasteiger partial charge in [-0.05, 0) is 35.2 Å². The smallest absolute Gasteiger partial charge is 0.329 e. The number of hydrazone groups is 1. The molecule has 7 heteroatoms. The number of amides is 2. The number of halogens is 1. The molecule has 2 aromatic rings. The topological polar surface area (TPSA) is 79.8 Å². The Labute approximate surface area is 157 Å². The predicted octanol–water partition coefficient (Wildman–Crippen LogP) is 3.56. The van der Waals surface area contributed by atoms with Crippen LogP contribution in [-0.2, 0) is 9.59 Å². The van der Waals surface area contributed by atoms with Crippen LogP contribution in [-0.4, -0.2) is 25.1 Å². The van der Waals surface area contributed by atoms with E-state index in [4.69, 9.17) is 16.3 Å². The highest BCUT2D eigenvalue weighted by Crippen LogP contribution is 2.27. The zero-order valence-electron chi connectivity index (χ0n) is 14.7. The third kappa shape index (κ3) is 5.32. The summed E-state index contributed by atoms with van der Waals surface area (Å²) in [6, 6.07) is 12.5. The molecule has 2 N–H and O–H groups in total. The summed E-state index contributed by atoms with van der Waals surface area (Å²) < 4.78 is 5.11. The number of carbonyl (C=O) groups is 2. The summed E-state index contributed by atoms with van der Waals surface area (Å²) in [5.74, 6) is -0.947. The van der Waals surface area contributed by atoms with Gasteiger partial charge in [0.15, 0.2) is 0 Å². The van der Waals surface area contributed by atoms with E-state index in [1.54, 1.807) is 12.1 Å². The van der Waals surface area contributed by atoms with Crippen molar-refractivity contribution in [1.82, 2.24) is 5.43 Å². The average Bonchev–Trinajstić information content (AvgIpc) is 2.62. The number of nitrogens with zero attached hydrogens (tertiary/aromatic N) is 1. The number of hydrogen-bond donors (Lipinski definition) is 2. The van der Waals surface area contributed by atoms with E-state index in [1.165, 1.54) is 25.0 Å². The zero-order chi connectivity index (χ0) is 19.1. The van der Waals surface area contributed by atoms with Crippen molar-refractivity contribution in [2.75, 3.05) is 12.4 Å². The van der Waals surface area contributed by atoms with E-state index in [9.17, 15) is 9.59 Å². The molecule has 0 heterocycles. The van der Waals surface area contributed by atoms with Gasteiger partial charge in [0.1, 0.15) is 5.75 Å². The quantitative estimate of drug-likeness (QED) is 0.477. The largest absolute Gasteiger partial charge is 0.495 e. The molecule has 136 valence electrons. The van der Waals surface area contributed by atoms with Gasteiger partial charge in [-0.15, -0.1) is 0 Å². The molecule has 0 spiro atoms. The second-order valence-electron chi connectivity index (χ2n) is 5.82. The van der Waals surface area contributed by atoms with E-state index in [-0.39, 0.29) is 0 Å². The Kier molecular flexibility index (Phi) is 6.74. The van der Waals surface area contributed by atoms with Crippen LogP contribution in [0.4, 0.5) is 5.69 Å². The molecule has 0 saturated heterocycles. The van der Waals surface area contributed by atoms with Crippen LogP contribution in [0.15, 0.2) is 47.6 Å². The first-order chi connectivity index (χ1) is 12.4. The van der Waals surface area contributed by atoms with Gasteiger partial charge in [0.05, 0.1) is 19.0 Å². The Morgan fingerprint density at radius 3 is 2.42 bits per heavy atom. The number of rotatable bonds is 5. The van der Waals surface area contributed by atoms with Crippen LogP contribution in [0.1, 0.15) is 30.9 Å². The van der Waals surface area contributed by atoms with E-state index in [0.717, 1.165) is 5.56 Å². The van der Waals surface area contributed by atoms with Crippen LogP contribution >= 0.6 is 11.6 Å². The van der Waals surface area contributed by atoms with Crippen LogP contribution in [0.5, 0.6) is 5.75 Å². The molecule has 0 fully saturated rings. The molecule has 0 unspecified atom stereocenters. The lowest BCUT2D eigenvalue weighted by Crippen LogP contribution is -2.32. The van der Waals surface area contributed by atoms with Gasteiger partial charge in [-0.3, -0.25) is 9.59 Å². The summed E-state index contributed by atoms with van der Waals surface area (Å²) in [7, 11) is 1.45. The molecule has 0 aromatic heterocycles. The van der Waals surface area contributed by atoms with E-state index in [2.05, 4.69) is 29.7 Å². The molecule has 0 radical (unpaired) electrons. The summed E-state index contributed by atoms with van der Waals surface area (Å²) in [6.07, 6.45) is 1.47. The lowest BCUT2D eigenvalue weighted by Gasteiger charge is -2.09. The fraction of sp³-hybridized carbons (Fsp3) is 0.211. The third-order valence-electron chi connectivity index (χ3n) is 3.60. The Hall–Kier alpha value is -2.86. The molecule has 0 aliphatic carbocycles. The van der Waals surface area contributed by atoms with Crippen LogP contribution in [0.25, 0.3) is 0 Å². The van der Waals surface area contributed by atoms with Gasteiger partial charge in [-0.1, -0.05) is 49.7 Å². The van der Waals surface area contributed by atoms with E-state index < -0.39 is 11.8 Å². The zero-order valence-corrected chi connectivity index (χ0v) is 15.5. The number of anilines is 1. The number of carbonyl (C=O) groups excluding carboxylic acids is 2. The van der Waals surface area contributed by atoms with Gasteiger partial charge < -0.3 is 10.1 Å². The Bertz CT molecular complexity index is 817. The van der Waals surface area contributed by atoms with E-state index in [0.29, 0.717) is 22.4 Å². The minimum Gasteiger partial charge on any atom is -0.495 e. The third-order valence-corrected chi connectivity index (χ3v) is 3.83. The first-order valence-corrected chi connectivity index (χ1v) is 8.36.